The van der Waals surface area contributed by atoms with Crippen molar-refractivity contribution in [2.45, 2.75) is 6.10 Å². The van der Waals surface area contributed by atoms with E-state index in [9.17, 15) is 9.90 Å². The number of halogens is 2. The normalized spacial score (nSPS) is 21.8. The maximum atomic E-state index is 11.7. The van der Waals surface area contributed by atoms with Crippen molar-refractivity contribution in [2.75, 3.05) is 26.2 Å². The number of rotatable bonds is 5. The Morgan fingerprint density at radius 2 is 2.10 bits per heavy atom. The average Bonchev–Trinajstić information content (AvgIpc) is 2.81. The second kappa shape index (κ2) is 7.13. The van der Waals surface area contributed by atoms with Crippen LogP contribution in [-0.4, -0.2) is 43.4 Å². The monoisotopic (exact) mass is 318 g/mol. The Bertz CT molecular complexity index is 464. The van der Waals surface area contributed by atoms with Crippen LogP contribution >= 0.6 is 23.2 Å². The molecule has 110 valence electrons. The summed E-state index contributed by atoms with van der Waals surface area (Å²) in [6.45, 7) is 1.50. The van der Waals surface area contributed by atoms with E-state index in [0.29, 0.717) is 35.4 Å². The van der Waals surface area contributed by atoms with E-state index in [1.165, 1.54) is 0 Å². The fourth-order valence-electron chi connectivity index (χ4n) is 1.98. The molecule has 0 radical (unpaired) electrons. The summed E-state index contributed by atoms with van der Waals surface area (Å²) in [5.74, 6) is 0.0523. The number of aliphatic hydroxyl groups is 1. The van der Waals surface area contributed by atoms with Gasteiger partial charge in [0.05, 0.1) is 16.1 Å². The molecule has 1 amide bonds. The lowest BCUT2D eigenvalue weighted by atomic mass is 10.1. The zero-order valence-electron chi connectivity index (χ0n) is 10.7. The van der Waals surface area contributed by atoms with Crippen LogP contribution in [-0.2, 0) is 4.79 Å². The van der Waals surface area contributed by atoms with Gasteiger partial charge in [0, 0.05) is 25.6 Å². The smallest absolute Gasteiger partial charge is 0.257 e. The first-order valence-electron chi connectivity index (χ1n) is 6.30. The lowest BCUT2D eigenvalue weighted by molar-refractivity contribution is -0.123. The van der Waals surface area contributed by atoms with Crippen LogP contribution in [0.3, 0.4) is 0 Å². The molecule has 1 aromatic rings. The molecule has 1 aliphatic rings. The molecule has 5 nitrogen and oxygen atoms in total. The Hall–Kier alpha value is -1.01. The van der Waals surface area contributed by atoms with Crippen molar-refractivity contribution in [3.63, 3.8) is 0 Å². The first-order chi connectivity index (χ1) is 9.58. The average molecular weight is 319 g/mol. The van der Waals surface area contributed by atoms with Crippen molar-refractivity contribution >= 4 is 29.1 Å². The van der Waals surface area contributed by atoms with Gasteiger partial charge in [-0.25, -0.2) is 0 Å². The van der Waals surface area contributed by atoms with E-state index >= 15 is 0 Å². The number of β-amino-alcohol motifs (C(OH)–C–C–N with tert-alkyl or cyclic N) is 1. The van der Waals surface area contributed by atoms with Crippen LogP contribution in [0.4, 0.5) is 0 Å². The molecular weight excluding hydrogens is 303 g/mol. The molecule has 1 heterocycles. The molecule has 0 aliphatic carbocycles. The zero-order valence-corrected chi connectivity index (χ0v) is 12.2. The molecule has 2 atom stereocenters. The van der Waals surface area contributed by atoms with Gasteiger partial charge in [-0.1, -0.05) is 29.3 Å². The predicted molar refractivity (Wildman–Crippen MR) is 77.3 cm³/mol. The van der Waals surface area contributed by atoms with Gasteiger partial charge in [-0.2, -0.15) is 0 Å². The number of amides is 1. The summed E-state index contributed by atoms with van der Waals surface area (Å²) in [5, 5.41) is 16.1. The minimum Gasteiger partial charge on any atom is -0.481 e. The van der Waals surface area contributed by atoms with E-state index in [2.05, 4.69) is 10.6 Å². The highest BCUT2D eigenvalue weighted by Crippen LogP contribution is 2.32. The standard InChI is InChI=1S/C13H16Cl2N2O3/c14-9-2-1-3-10(15)13(9)20-7-12(19)17-5-8-4-16-6-11(8)18/h1-3,8,11,16,18H,4-7H2,(H,17,19). The SMILES string of the molecule is O=C(COc1c(Cl)cccc1Cl)NCC1CNCC1O. The predicted octanol–water partition coefficient (Wildman–Crippen LogP) is 1.07. The summed E-state index contributed by atoms with van der Waals surface area (Å²) < 4.78 is 5.32. The van der Waals surface area contributed by atoms with Gasteiger partial charge in [0.15, 0.2) is 12.4 Å². The minimum atomic E-state index is -0.422. The Balaban J connectivity index is 1.77. The number of para-hydroxylation sites is 1. The quantitative estimate of drug-likeness (QED) is 0.759. The molecule has 2 unspecified atom stereocenters. The maximum absolute atomic E-state index is 11.7. The fourth-order valence-corrected chi connectivity index (χ4v) is 2.49. The second-order valence-corrected chi connectivity index (χ2v) is 5.44. The summed E-state index contributed by atoms with van der Waals surface area (Å²) in [6, 6.07) is 4.98. The lowest BCUT2D eigenvalue weighted by Gasteiger charge is -2.14. The van der Waals surface area contributed by atoms with Gasteiger partial charge in [0.2, 0.25) is 0 Å². The Labute approximate surface area is 127 Å². The van der Waals surface area contributed by atoms with Crippen molar-refractivity contribution in [1.29, 1.82) is 0 Å². The largest absolute Gasteiger partial charge is 0.481 e. The van der Waals surface area contributed by atoms with Gasteiger partial charge in [-0.3, -0.25) is 4.79 Å². The summed E-state index contributed by atoms with van der Waals surface area (Å²) in [5.41, 5.74) is 0. The highest BCUT2D eigenvalue weighted by atomic mass is 35.5. The van der Waals surface area contributed by atoms with Crippen molar-refractivity contribution in [3.05, 3.63) is 28.2 Å². The molecule has 0 saturated carbocycles. The highest BCUT2D eigenvalue weighted by Gasteiger charge is 2.25. The van der Waals surface area contributed by atoms with Crippen LogP contribution in [0.15, 0.2) is 18.2 Å². The van der Waals surface area contributed by atoms with Crippen LogP contribution in [0.25, 0.3) is 0 Å². The molecule has 0 bridgehead atoms. The number of benzene rings is 1. The van der Waals surface area contributed by atoms with Crippen molar-refractivity contribution in [1.82, 2.24) is 10.6 Å². The van der Waals surface area contributed by atoms with Gasteiger partial charge >= 0.3 is 0 Å². The van der Waals surface area contributed by atoms with E-state index in [1.54, 1.807) is 18.2 Å². The van der Waals surface area contributed by atoms with Crippen LogP contribution in [0.1, 0.15) is 0 Å². The molecule has 20 heavy (non-hydrogen) atoms. The third-order valence-corrected chi connectivity index (χ3v) is 3.73. The number of hydrogen-bond acceptors (Lipinski definition) is 4. The summed E-state index contributed by atoms with van der Waals surface area (Å²) in [6.07, 6.45) is -0.422. The molecule has 1 saturated heterocycles. The fraction of sp³-hybridized carbons (Fsp3) is 0.462. The number of aliphatic hydroxyl groups excluding tert-OH is 1. The van der Waals surface area contributed by atoms with Gasteiger partial charge < -0.3 is 20.5 Å². The van der Waals surface area contributed by atoms with Crippen molar-refractivity contribution in [2.24, 2.45) is 5.92 Å². The molecule has 3 N–H and O–H groups in total. The third-order valence-electron chi connectivity index (χ3n) is 3.13. The number of hydrogen-bond donors (Lipinski definition) is 3. The van der Waals surface area contributed by atoms with E-state index in [1.807, 2.05) is 0 Å². The number of ether oxygens (including phenoxy) is 1. The molecule has 1 aromatic carbocycles. The Kier molecular flexibility index (Phi) is 5.48. The first-order valence-corrected chi connectivity index (χ1v) is 7.06. The van der Waals surface area contributed by atoms with E-state index in [4.69, 9.17) is 27.9 Å². The highest BCUT2D eigenvalue weighted by molar-refractivity contribution is 6.37. The van der Waals surface area contributed by atoms with Crippen LogP contribution in [0.2, 0.25) is 10.0 Å². The van der Waals surface area contributed by atoms with Crippen LogP contribution in [0, 0.1) is 5.92 Å². The van der Waals surface area contributed by atoms with Crippen LogP contribution in [0.5, 0.6) is 5.75 Å². The summed E-state index contributed by atoms with van der Waals surface area (Å²) in [7, 11) is 0. The van der Waals surface area contributed by atoms with Gasteiger partial charge in [-0.05, 0) is 12.1 Å². The van der Waals surface area contributed by atoms with E-state index < -0.39 is 6.10 Å². The number of carbonyl (C=O) groups is 1. The zero-order chi connectivity index (χ0) is 14.5. The molecule has 1 fully saturated rings. The topological polar surface area (TPSA) is 70.6 Å². The maximum Gasteiger partial charge on any atom is 0.257 e. The summed E-state index contributed by atoms with van der Waals surface area (Å²) in [4.78, 5) is 11.7. The molecule has 0 spiro atoms. The first kappa shape index (κ1) is 15.4. The second-order valence-electron chi connectivity index (χ2n) is 4.63. The van der Waals surface area contributed by atoms with Gasteiger partial charge in [0.1, 0.15) is 0 Å². The van der Waals surface area contributed by atoms with Crippen molar-refractivity contribution < 1.29 is 14.6 Å². The van der Waals surface area contributed by atoms with Gasteiger partial charge in [-0.15, -0.1) is 0 Å². The minimum absolute atomic E-state index is 0.0304. The molecule has 7 heteroatoms. The third kappa shape index (κ3) is 3.99. The van der Waals surface area contributed by atoms with Crippen molar-refractivity contribution in [3.8, 4) is 5.75 Å². The summed E-state index contributed by atoms with van der Waals surface area (Å²) >= 11 is 11.9. The number of nitrogens with one attached hydrogen (secondary N) is 2. The molecule has 2 rings (SSSR count). The lowest BCUT2D eigenvalue weighted by Crippen LogP contribution is -2.36. The molecular formula is C13H16Cl2N2O3. The van der Waals surface area contributed by atoms with Gasteiger partial charge in [0.25, 0.3) is 5.91 Å². The Morgan fingerprint density at radius 1 is 1.40 bits per heavy atom. The molecule has 0 aromatic heterocycles. The Morgan fingerprint density at radius 3 is 2.70 bits per heavy atom. The van der Waals surface area contributed by atoms with E-state index in [0.717, 1.165) is 0 Å². The van der Waals surface area contributed by atoms with Crippen LogP contribution < -0.4 is 15.4 Å². The number of carbonyl (C=O) groups excluding carboxylic acids is 1. The molecule has 1 aliphatic heterocycles. The van der Waals surface area contributed by atoms with E-state index in [-0.39, 0.29) is 18.4 Å².